The Hall–Kier alpha value is -0.510. The maximum absolute atomic E-state index is 4.29. The second-order valence-electron chi connectivity index (χ2n) is 7.46. The van der Waals surface area contributed by atoms with Crippen LogP contribution in [0.2, 0.25) is 0 Å². The summed E-state index contributed by atoms with van der Waals surface area (Å²) in [6, 6.07) is 0. The summed E-state index contributed by atoms with van der Waals surface area (Å²) in [6.07, 6.45) is 5.04. The molecule has 0 saturated heterocycles. The van der Waals surface area contributed by atoms with Gasteiger partial charge in [-0.25, -0.2) is 32.0 Å². The molecule has 0 aromatic heterocycles. The van der Waals surface area contributed by atoms with Crippen LogP contribution in [-0.2, 0) is 20.9 Å². The van der Waals surface area contributed by atoms with E-state index in [2.05, 4.69) is 89.8 Å². The molecule has 125 valence electrons. The van der Waals surface area contributed by atoms with Gasteiger partial charge in [0.1, 0.15) is 0 Å². The van der Waals surface area contributed by atoms with Gasteiger partial charge in [0, 0.05) is 0 Å². The molecule has 0 rings (SSSR count). The maximum atomic E-state index is 4.29. The molecule has 0 bridgehead atoms. The van der Waals surface area contributed by atoms with Crippen molar-refractivity contribution >= 4 is 0 Å². The summed E-state index contributed by atoms with van der Waals surface area (Å²) < 4.78 is 4.13. The van der Waals surface area contributed by atoms with Gasteiger partial charge in [0.2, 0.25) is 0 Å². The van der Waals surface area contributed by atoms with E-state index in [1.165, 1.54) is 6.08 Å². The zero-order valence-corrected chi connectivity index (χ0v) is 18.6. The van der Waals surface area contributed by atoms with Crippen LogP contribution in [0.1, 0.15) is 62.3 Å². The Kier molecular flexibility index (Phi) is 14.6. The van der Waals surface area contributed by atoms with Crippen molar-refractivity contribution in [2.75, 3.05) is 0 Å². The topological polar surface area (TPSA) is 40.6 Å². The first-order valence-corrected chi connectivity index (χ1v) is 8.47. The van der Waals surface area contributed by atoms with Crippen molar-refractivity contribution in [2.24, 2.45) is 3.34 Å². The molecular weight excluding hydrogens is 427 g/mol. The van der Waals surface area contributed by atoms with Crippen molar-refractivity contribution < 1.29 is 20.9 Å². The molecule has 0 radical (unpaired) electrons. The van der Waals surface area contributed by atoms with Crippen molar-refractivity contribution in [2.45, 2.75) is 78.9 Å². The monoisotopic (exact) mass is 461 g/mol. The molecule has 0 aliphatic heterocycles. The number of hydrogen-bond donors (Lipinski definition) is 0. The molecule has 0 aliphatic carbocycles. The van der Waals surface area contributed by atoms with Gasteiger partial charge in [0.25, 0.3) is 0 Å². The predicted molar refractivity (Wildman–Crippen MR) is 93.1 cm³/mol. The summed E-state index contributed by atoms with van der Waals surface area (Å²) >= 11 is 1.15. The van der Waals surface area contributed by atoms with Gasteiger partial charge in [-0.3, -0.25) is 0 Å². The van der Waals surface area contributed by atoms with Gasteiger partial charge in [0.05, 0.1) is 0 Å². The van der Waals surface area contributed by atoms with Crippen molar-refractivity contribution in [3.05, 3.63) is 42.6 Å². The molecule has 0 spiro atoms. The number of rotatable bonds is 2. The quantitative estimate of drug-likeness (QED) is 0.432. The van der Waals surface area contributed by atoms with E-state index < -0.39 is 0 Å². The van der Waals surface area contributed by atoms with Crippen LogP contribution in [0.3, 0.4) is 0 Å². The van der Waals surface area contributed by atoms with Gasteiger partial charge in [0.15, 0.2) is 0 Å². The van der Waals surface area contributed by atoms with Gasteiger partial charge in [-0.1, -0.05) is 41.5 Å². The van der Waals surface area contributed by atoms with Crippen LogP contribution in [0.5, 0.6) is 0 Å². The molecule has 0 heterocycles. The third-order valence-electron chi connectivity index (χ3n) is 1.29. The molecule has 21 heavy (non-hydrogen) atoms. The first-order chi connectivity index (χ1) is 9.18. The average molecular weight is 461 g/mol. The number of hydrogen-bond acceptors (Lipinski definition) is 1. The molecule has 0 aliphatic rings. The minimum atomic E-state index is 0.00387. The predicted octanol–water partition coefficient (Wildman–Crippen LogP) is 6.32. The molecule has 0 unspecified atom stereocenters. The molecule has 0 aromatic rings. The molecule has 4 heteroatoms. The van der Waals surface area contributed by atoms with Crippen LogP contribution < -0.4 is 0 Å². The Morgan fingerprint density at radius 3 is 1.14 bits per heavy atom. The average Bonchev–Trinajstić information content (AvgIpc) is 2.23. The van der Waals surface area contributed by atoms with Crippen LogP contribution in [-0.4, -0.2) is 16.6 Å². The van der Waals surface area contributed by atoms with E-state index >= 15 is 0 Å². The zero-order chi connectivity index (χ0) is 17.7. The van der Waals surface area contributed by atoms with Gasteiger partial charge < -0.3 is 10.6 Å². The fourth-order valence-corrected chi connectivity index (χ4v) is 0.514. The van der Waals surface area contributed by atoms with Crippen LogP contribution in [0.4, 0.5) is 0 Å². The van der Waals surface area contributed by atoms with Crippen molar-refractivity contribution in [1.82, 2.24) is 0 Å². The SMILES string of the molecule is C=C[CH2-].CC(C)(C)[N-]C=C[N-]C(C)(C)C.CC(C)(C)[N]=[Ta]. The number of nitrogens with zero attached hydrogens (tertiary/aromatic N) is 3. The Morgan fingerprint density at radius 1 is 0.857 bits per heavy atom. The summed E-state index contributed by atoms with van der Waals surface area (Å²) in [7, 11) is 0. The first kappa shape index (κ1) is 25.4. The van der Waals surface area contributed by atoms with E-state index in [1.807, 2.05) is 0 Å². The van der Waals surface area contributed by atoms with Gasteiger partial charge in [-0.15, -0.1) is 11.1 Å². The van der Waals surface area contributed by atoms with Crippen LogP contribution in [0.25, 0.3) is 10.6 Å². The van der Waals surface area contributed by atoms with E-state index in [9.17, 15) is 0 Å². The normalized spacial score (nSPS) is 11.4. The van der Waals surface area contributed by atoms with Gasteiger partial charge in [-0.05, 0) is 0 Å². The van der Waals surface area contributed by atoms with Crippen LogP contribution in [0, 0.1) is 6.92 Å². The summed E-state index contributed by atoms with van der Waals surface area (Å²) in [5, 5.41) is 8.57. The van der Waals surface area contributed by atoms with Gasteiger partial charge in [-0.2, -0.15) is 0 Å². The van der Waals surface area contributed by atoms with E-state index in [0.29, 0.717) is 0 Å². The van der Waals surface area contributed by atoms with E-state index in [1.54, 1.807) is 12.4 Å². The molecular formula is C17H34N3Ta-3. The van der Waals surface area contributed by atoms with E-state index in [4.69, 9.17) is 0 Å². The first-order valence-electron chi connectivity index (χ1n) is 7.04. The zero-order valence-electron chi connectivity index (χ0n) is 15.4. The molecule has 0 aromatic carbocycles. The van der Waals surface area contributed by atoms with Crippen molar-refractivity contribution in [3.8, 4) is 0 Å². The third-order valence-corrected chi connectivity index (χ3v) is 3.45. The van der Waals surface area contributed by atoms with E-state index in [-0.39, 0.29) is 16.6 Å². The fourth-order valence-electron chi connectivity index (χ4n) is 0.514. The second-order valence-corrected chi connectivity index (χ2v) is 8.18. The van der Waals surface area contributed by atoms with Gasteiger partial charge >= 0.3 is 50.5 Å². The molecule has 0 saturated carbocycles. The Bertz CT molecular complexity index is 271. The van der Waals surface area contributed by atoms with Crippen LogP contribution >= 0.6 is 0 Å². The molecule has 3 nitrogen and oxygen atoms in total. The second kappa shape index (κ2) is 12.1. The summed E-state index contributed by atoms with van der Waals surface area (Å²) in [5.41, 5.74) is 0.224. The number of allylic oxidation sites excluding steroid dienone is 1. The Morgan fingerprint density at radius 2 is 1.05 bits per heavy atom. The molecule has 0 atom stereocenters. The summed E-state index contributed by atoms with van der Waals surface area (Å²) in [4.78, 5) is 0. The summed E-state index contributed by atoms with van der Waals surface area (Å²) in [5.74, 6) is 0. The van der Waals surface area contributed by atoms with Crippen molar-refractivity contribution in [3.63, 3.8) is 0 Å². The Labute approximate surface area is 145 Å². The minimum absolute atomic E-state index is 0.00387. The summed E-state index contributed by atoms with van der Waals surface area (Å²) in [6.45, 7) is 25.2. The van der Waals surface area contributed by atoms with E-state index in [0.717, 1.165) is 20.9 Å². The van der Waals surface area contributed by atoms with Crippen LogP contribution in [0.15, 0.2) is 28.4 Å². The standard InChI is InChI=1S/C10H20N2.C4H9N.C3H5.Ta/c1-9(2,3)11-7-8-12-10(4,5)6;1-4(2,3)5;1-3-2;/h7-8H,1-6H3;1-3H3;3H,1-2H2;/q-2;;-1;. The fraction of sp³-hybridized carbons (Fsp3) is 0.706. The third kappa shape index (κ3) is 45.2. The van der Waals surface area contributed by atoms with Crippen molar-refractivity contribution in [1.29, 1.82) is 0 Å². The molecule has 0 fully saturated rings. The molecule has 0 amide bonds. The molecule has 0 N–H and O–H groups in total. The Balaban J connectivity index is -0.000000300.